The number of aryl methyl sites for hydroxylation is 1. The summed E-state index contributed by atoms with van der Waals surface area (Å²) in [5, 5.41) is 3.33. The number of imidazole rings is 1. The van der Waals surface area contributed by atoms with Gasteiger partial charge in [-0.25, -0.2) is 4.98 Å². The average molecular weight is 494 g/mol. The predicted octanol–water partition coefficient (Wildman–Crippen LogP) is 1.32. The summed E-state index contributed by atoms with van der Waals surface area (Å²) in [6.45, 7) is 4.70. The molecule has 1 aliphatic rings. The molecule has 3 rings (SSSR count). The van der Waals surface area contributed by atoms with E-state index in [-0.39, 0.29) is 6.61 Å². The number of nitrogens with zero attached hydrogens (tertiary/aromatic N) is 2. The van der Waals surface area contributed by atoms with Crippen molar-refractivity contribution in [3.05, 3.63) is 24.3 Å². The van der Waals surface area contributed by atoms with Gasteiger partial charge in [-0.15, -0.1) is 0 Å². The van der Waals surface area contributed by atoms with E-state index in [1.165, 1.54) is 39.5 Å². The molecule has 2 heterocycles. The summed E-state index contributed by atoms with van der Waals surface area (Å²) in [7, 11) is 1.84. The van der Waals surface area contributed by atoms with Gasteiger partial charge in [0.2, 0.25) is 5.91 Å². The number of benzene rings is 1. The van der Waals surface area contributed by atoms with Gasteiger partial charge in [-0.1, -0.05) is 23.9 Å². The van der Waals surface area contributed by atoms with Crippen LogP contribution in [0.3, 0.4) is 0 Å². The number of hydrogen-bond acceptors (Lipinski definition) is 10. The standard InChI is InChI=1S/C22H27N3O8S/c1-11(26)23-18-20(32-14(4)29)19(31-13(3)28)17(10-30-12(2)27)33-21(18)34-22-24-15-8-6-7-9-16(15)25(22)5/h6-9,17-21H,10H2,1-5H3,(H,23,26)/t17-,18+,19-,20-,21+/m1/s1. The zero-order chi connectivity index (χ0) is 25.0. The Labute approximate surface area is 200 Å². The van der Waals surface area contributed by atoms with Gasteiger partial charge in [0.1, 0.15) is 24.2 Å². The highest BCUT2D eigenvalue weighted by molar-refractivity contribution is 7.99. The van der Waals surface area contributed by atoms with Crippen molar-refractivity contribution in [3.63, 3.8) is 0 Å². The van der Waals surface area contributed by atoms with Crippen LogP contribution in [-0.2, 0) is 45.2 Å². The van der Waals surface area contributed by atoms with E-state index in [0.29, 0.717) is 5.16 Å². The zero-order valence-corrected chi connectivity index (χ0v) is 20.3. The van der Waals surface area contributed by atoms with E-state index in [0.717, 1.165) is 11.0 Å². The first-order valence-corrected chi connectivity index (χ1v) is 11.4. The summed E-state index contributed by atoms with van der Waals surface area (Å²) in [5.41, 5.74) is 0.837. The number of amides is 1. The van der Waals surface area contributed by atoms with Crippen molar-refractivity contribution in [2.24, 2.45) is 7.05 Å². The molecular formula is C22H27N3O8S. The Morgan fingerprint density at radius 2 is 1.68 bits per heavy atom. The molecule has 0 radical (unpaired) electrons. The molecule has 11 nitrogen and oxygen atoms in total. The third-order valence-corrected chi connectivity index (χ3v) is 6.25. The largest absolute Gasteiger partial charge is 0.463 e. The molecule has 1 aromatic heterocycles. The Balaban J connectivity index is 2.02. The Morgan fingerprint density at radius 3 is 2.26 bits per heavy atom. The fourth-order valence-corrected chi connectivity index (χ4v) is 4.91. The Morgan fingerprint density at radius 1 is 1.03 bits per heavy atom. The molecule has 184 valence electrons. The molecule has 34 heavy (non-hydrogen) atoms. The molecule has 1 aliphatic heterocycles. The lowest BCUT2D eigenvalue weighted by Crippen LogP contribution is -2.65. The third kappa shape index (κ3) is 6.06. The van der Waals surface area contributed by atoms with E-state index in [1.807, 2.05) is 35.9 Å². The molecule has 1 amide bonds. The molecule has 0 aliphatic carbocycles. The first kappa shape index (κ1) is 25.5. The number of nitrogens with one attached hydrogen (secondary N) is 1. The van der Waals surface area contributed by atoms with E-state index >= 15 is 0 Å². The number of thioether (sulfide) groups is 1. The summed E-state index contributed by atoms with van der Waals surface area (Å²) in [5.74, 6) is -2.25. The molecule has 1 saturated heterocycles. The quantitative estimate of drug-likeness (QED) is 0.444. The number of para-hydroxylation sites is 2. The van der Waals surface area contributed by atoms with Gasteiger partial charge in [-0.2, -0.15) is 0 Å². The highest BCUT2D eigenvalue weighted by Gasteiger charge is 2.51. The fraction of sp³-hybridized carbons (Fsp3) is 0.500. The number of carbonyl (C=O) groups excluding carboxylic acids is 4. The van der Waals surface area contributed by atoms with Crippen molar-refractivity contribution in [2.45, 2.75) is 62.6 Å². The highest BCUT2D eigenvalue weighted by Crippen LogP contribution is 2.36. The molecule has 0 saturated carbocycles. The zero-order valence-electron chi connectivity index (χ0n) is 19.5. The Kier molecular flexibility index (Phi) is 8.15. The van der Waals surface area contributed by atoms with Crippen LogP contribution >= 0.6 is 11.8 Å². The van der Waals surface area contributed by atoms with Crippen LogP contribution in [0.4, 0.5) is 0 Å². The van der Waals surface area contributed by atoms with Crippen molar-refractivity contribution in [1.29, 1.82) is 0 Å². The summed E-state index contributed by atoms with van der Waals surface area (Å²) in [6.07, 6.45) is -3.20. The molecule has 2 aromatic rings. The molecule has 0 unspecified atom stereocenters. The molecule has 0 spiro atoms. The van der Waals surface area contributed by atoms with Crippen LogP contribution in [0.1, 0.15) is 27.7 Å². The number of carbonyl (C=O) groups is 4. The number of fused-ring (bicyclic) bond motifs is 1. The molecule has 5 atom stereocenters. The lowest BCUT2D eigenvalue weighted by Gasteiger charge is -2.44. The lowest BCUT2D eigenvalue weighted by atomic mass is 9.97. The second kappa shape index (κ2) is 10.9. The minimum atomic E-state index is -1.13. The summed E-state index contributed by atoms with van der Waals surface area (Å²) < 4.78 is 24.1. The van der Waals surface area contributed by atoms with Crippen LogP contribution < -0.4 is 5.32 Å². The second-order valence-electron chi connectivity index (χ2n) is 7.78. The molecule has 1 aromatic carbocycles. The molecule has 1 fully saturated rings. The topological polar surface area (TPSA) is 135 Å². The summed E-state index contributed by atoms with van der Waals surface area (Å²) in [6, 6.07) is 6.65. The van der Waals surface area contributed by atoms with E-state index < -0.39 is 53.6 Å². The van der Waals surface area contributed by atoms with Gasteiger partial charge in [-0.3, -0.25) is 19.2 Å². The van der Waals surface area contributed by atoms with Gasteiger partial charge in [0, 0.05) is 34.7 Å². The Hall–Kier alpha value is -3.12. The van der Waals surface area contributed by atoms with E-state index in [4.69, 9.17) is 18.9 Å². The first-order valence-electron chi connectivity index (χ1n) is 10.5. The molecule has 0 bridgehead atoms. The number of esters is 3. The van der Waals surface area contributed by atoms with E-state index in [2.05, 4.69) is 10.3 Å². The Bertz CT molecular complexity index is 1090. The lowest BCUT2D eigenvalue weighted by molar-refractivity contribution is -0.211. The maximum Gasteiger partial charge on any atom is 0.303 e. The third-order valence-electron chi connectivity index (χ3n) is 5.04. The van der Waals surface area contributed by atoms with Crippen molar-refractivity contribution in [2.75, 3.05) is 6.61 Å². The SMILES string of the molecule is CC(=O)N[C@H]1[C@@H](OC(C)=O)[C@H](OC(C)=O)[C@@H](COC(C)=O)O[C@H]1Sc1nc2ccccc2n1C. The smallest absolute Gasteiger partial charge is 0.303 e. The van der Waals surface area contributed by atoms with Crippen molar-refractivity contribution < 1.29 is 38.1 Å². The van der Waals surface area contributed by atoms with Gasteiger partial charge in [-0.05, 0) is 12.1 Å². The molecule has 12 heteroatoms. The second-order valence-corrected chi connectivity index (χ2v) is 8.85. The maximum atomic E-state index is 12.1. The van der Waals surface area contributed by atoms with Crippen LogP contribution in [0.5, 0.6) is 0 Å². The van der Waals surface area contributed by atoms with E-state index in [1.54, 1.807) is 0 Å². The van der Waals surface area contributed by atoms with Crippen LogP contribution in [0.15, 0.2) is 29.4 Å². The monoisotopic (exact) mass is 493 g/mol. The van der Waals surface area contributed by atoms with Gasteiger partial charge in [0.25, 0.3) is 0 Å². The molecule has 1 N–H and O–H groups in total. The van der Waals surface area contributed by atoms with Crippen molar-refractivity contribution >= 4 is 46.6 Å². The summed E-state index contributed by atoms with van der Waals surface area (Å²) in [4.78, 5) is 51.9. The van der Waals surface area contributed by atoms with Crippen LogP contribution in [-0.4, -0.2) is 69.8 Å². The normalized spacial score (nSPS) is 24.3. The van der Waals surface area contributed by atoms with E-state index in [9.17, 15) is 19.2 Å². The van der Waals surface area contributed by atoms with Gasteiger partial charge in [0.05, 0.1) is 11.0 Å². The fourth-order valence-electron chi connectivity index (χ4n) is 3.72. The van der Waals surface area contributed by atoms with Crippen molar-refractivity contribution in [1.82, 2.24) is 14.9 Å². The van der Waals surface area contributed by atoms with Crippen LogP contribution in [0, 0.1) is 0 Å². The van der Waals surface area contributed by atoms with Gasteiger partial charge >= 0.3 is 17.9 Å². The van der Waals surface area contributed by atoms with Crippen LogP contribution in [0.25, 0.3) is 11.0 Å². The first-order chi connectivity index (χ1) is 16.1. The summed E-state index contributed by atoms with van der Waals surface area (Å²) >= 11 is 1.20. The molecular weight excluding hydrogens is 466 g/mol. The number of aromatic nitrogens is 2. The highest BCUT2D eigenvalue weighted by atomic mass is 32.2. The van der Waals surface area contributed by atoms with Gasteiger partial charge < -0.3 is 28.8 Å². The van der Waals surface area contributed by atoms with Crippen molar-refractivity contribution in [3.8, 4) is 0 Å². The van der Waals surface area contributed by atoms with Crippen LogP contribution in [0.2, 0.25) is 0 Å². The minimum Gasteiger partial charge on any atom is -0.463 e. The number of ether oxygens (including phenoxy) is 4. The predicted molar refractivity (Wildman–Crippen MR) is 121 cm³/mol. The van der Waals surface area contributed by atoms with Gasteiger partial charge in [0.15, 0.2) is 17.4 Å². The maximum absolute atomic E-state index is 12.1. The number of hydrogen-bond donors (Lipinski definition) is 1. The minimum absolute atomic E-state index is 0.253. The number of rotatable bonds is 7. The average Bonchev–Trinajstić information content (AvgIpc) is 3.05.